The van der Waals surface area contributed by atoms with Gasteiger partial charge in [0.05, 0.1) is 12.2 Å². The van der Waals surface area contributed by atoms with Crippen LogP contribution in [0.15, 0.2) is 24.7 Å². The summed E-state index contributed by atoms with van der Waals surface area (Å²) in [6, 6.07) is 2.05. The minimum atomic E-state index is 0.0532. The number of aromatic amines is 1. The Morgan fingerprint density at radius 1 is 1.44 bits per heavy atom. The average molecular weight is 217 g/mol. The molecule has 0 fully saturated rings. The van der Waals surface area contributed by atoms with Crippen molar-refractivity contribution in [3.8, 4) is 0 Å². The summed E-state index contributed by atoms with van der Waals surface area (Å²) >= 11 is 0. The third-order valence-corrected chi connectivity index (χ3v) is 2.53. The van der Waals surface area contributed by atoms with Crippen LogP contribution in [0, 0.1) is 6.92 Å². The van der Waals surface area contributed by atoms with E-state index in [-0.39, 0.29) is 6.04 Å². The maximum atomic E-state index is 4.16. The van der Waals surface area contributed by atoms with Crippen LogP contribution in [0.4, 0.5) is 0 Å². The Bertz CT molecular complexity index is 437. The van der Waals surface area contributed by atoms with Gasteiger partial charge in [0.2, 0.25) is 0 Å². The van der Waals surface area contributed by atoms with Crippen molar-refractivity contribution >= 4 is 0 Å². The van der Waals surface area contributed by atoms with E-state index < -0.39 is 0 Å². The lowest BCUT2D eigenvalue weighted by Crippen LogP contribution is -2.23. The van der Waals surface area contributed by atoms with E-state index in [9.17, 15) is 0 Å². The fourth-order valence-corrected chi connectivity index (χ4v) is 1.71. The summed E-state index contributed by atoms with van der Waals surface area (Å²) in [5.74, 6) is 0. The van der Waals surface area contributed by atoms with Crippen LogP contribution in [0.5, 0.6) is 0 Å². The molecular formula is C11H15N5. The van der Waals surface area contributed by atoms with Crippen LogP contribution in [0.2, 0.25) is 0 Å². The van der Waals surface area contributed by atoms with Gasteiger partial charge in [-0.1, -0.05) is 6.92 Å². The summed E-state index contributed by atoms with van der Waals surface area (Å²) in [7, 11) is 0. The van der Waals surface area contributed by atoms with Crippen LogP contribution in [0.25, 0.3) is 0 Å². The molecule has 84 valence electrons. The number of nitrogens with one attached hydrogen (secondary N) is 2. The zero-order valence-electron chi connectivity index (χ0n) is 9.44. The minimum Gasteiger partial charge on any atom is -0.305 e. The zero-order chi connectivity index (χ0) is 11.4. The standard InChI is InChI=1S/C11H15N5/c1-3-13-11(10-7-14-16-15-10)9-6-12-5-4-8(9)2/h4-7,11,13H,3H2,1-2H3,(H,14,15,16). The highest BCUT2D eigenvalue weighted by Gasteiger charge is 2.17. The Morgan fingerprint density at radius 3 is 2.94 bits per heavy atom. The summed E-state index contributed by atoms with van der Waals surface area (Å²) in [5, 5.41) is 14.0. The molecule has 0 aliphatic carbocycles. The van der Waals surface area contributed by atoms with Crippen LogP contribution < -0.4 is 5.32 Å². The van der Waals surface area contributed by atoms with Gasteiger partial charge in [0, 0.05) is 12.4 Å². The largest absolute Gasteiger partial charge is 0.305 e. The van der Waals surface area contributed by atoms with Crippen molar-refractivity contribution in [1.29, 1.82) is 0 Å². The molecule has 2 aromatic heterocycles. The lowest BCUT2D eigenvalue weighted by atomic mass is 10.0. The van der Waals surface area contributed by atoms with Gasteiger partial charge < -0.3 is 5.32 Å². The van der Waals surface area contributed by atoms with Crippen molar-refractivity contribution in [3.63, 3.8) is 0 Å². The third-order valence-electron chi connectivity index (χ3n) is 2.53. The summed E-state index contributed by atoms with van der Waals surface area (Å²) in [5.41, 5.74) is 3.22. The van der Waals surface area contributed by atoms with E-state index in [1.807, 2.05) is 12.3 Å². The van der Waals surface area contributed by atoms with Gasteiger partial charge in [0.1, 0.15) is 5.69 Å². The molecule has 1 unspecified atom stereocenters. The first-order valence-electron chi connectivity index (χ1n) is 5.32. The first kappa shape index (κ1) is 10.8. The van der Waals surface area contributed by atoms with Crippen LogP contribution in [0.3, 0.4) is 0 Å². The molecule has 0 spiro atoms. The highest BCUT2D eigenvalue weighted by atomic mass is 15.3. The lowest BCUT2D eigenvalue weighted by Gasteiger charge is -2.17. The molecule has 5 nitrogen and oxygen atoms in total. The fourth-order valence-electron chi connectivity index (χ4n) is 1.71. The predicted octanol–water partition coefficient (Wildman–Crippen LogP) is 1.21. The van der Waals surface area contributed by atoms with Crippen molar-refractivity contribution in [2.75, 3.05) is 6.54 Å². The molecule has 0 saturated carbocycles. The Kier molecular flexibility index (Phi) is 3.26. The molecule has 5 heteroatoms. The molecule has 0 aromatic carbocycles. The Morgan fingerprint density at radius 2 is 2.31 bits per heavy atom. The van der Waals surface area contributed by atoms with Crippen molar-refractivity contribution in [1.82, 2.24) is 25.7 Å². The number of rotatable bonds is 4. The maximum absolute atomic E-state index is 4.16. The SMILES string of the molecule is CCNC(c1cn[nH]n1)c1cnccc1C. The van der Waals surface area contributed by atoms with Crippen LogP contribution in [-0.4, -0.2) is 26.9 Å². The highest BCUT2D eigenvalue weighted by molar-refractivity contribution is 5.30. The second-order valence-electron chi connectivity index (χ2n) is 3.62. The van der Waals surface area contributed by atoms with Gasteiger partial charge in [-0.3, -0.25) is 4.98 Å². The maximum Gasteiger partial charge on any atom is 0.104 e. The second-order valence-corrected chi connectivity index (χ2v) is 3.62. The number of hydrogen-bond donors (Lipinski definition) is 2. The molecule has 2 N–H and O–H groups in total. The number of nitrogens with zero attached hydrogens (tertiary/aromatic N) is 3. The van der Waals surface area contributed by atoms with E-state index in [0.29, 0.717) is 0 Å². The van der Waals surface area contributed by atoms with Crippen molar-refractivity contribution < 1.29 is 0 Å². The molecule has 0 saturated heterocycles. The Labute approximate surface area is 94.3 Å². The average Bonchev–Trinajstić information content (AvgIpc) is 2.80. The Balaban J connectivity index is 2.37. The number of aryl methyl sites for hydroxylation is 1. The molecular weight excluding hydrogens is 202 g/mol. The van der Waals surface area contributed by atoms with Crippen LogP contribution in [-0.2, 0) is 0 Å². The third kappa shape index (κ3) is 2.09. The lowest BCUT2D eigenvalue weighted by molar-refractivity contribution is 0.609. The number of hydrogen-bond acceptors (Lipinski definition) is 4. The predicted molar refractivity (Wildman–Crippen MR) is 60.9 cm³/mol. The van der Waals surface area contributed by atoms with Gasteiger partial charge in [-0.25, -0.2) is 0 Å². The van der Waals surface area contributed by atoms with E-state index >= 15 is 0 Å². The minimum absolute atomic E-state index is 0.0532. The normalized spacial score (nSPS) is 12.6. The highest BCUT2D eigenvalue weighted by Crippen LogP contribution is 2.21. The van der Waals surface area contributed by atoms with E-state index in [0.717, 1.165) is 17.8 Å². The van der Waals surface area contributed by atoms with Gasteiger partial charge in [0.15, 0.2) is 0 Å². The number of H-pyrrole nitrogens is 1. The first-order valence-corrected chi connectivity index (χ1v) is 5.32. The summed E-state index contributed by atoms with van der Waals surface area (Å²) in [6.07, 6.45) is 5.40. The first-order chi connectivity index (χ1) is 7.83. The molecule has 16 heavy (non-hydrogen) atoms. The molecule has 0 radical (unpaired) electrons. The monoisotopic (exact) mass is 217 g/mol. The van der Waals surface area contributed by atoms with Crippen LogP contribution >= 0.6 is 0 Å². The number of pyridine rings is 1. The van der Waals surface area contributed by atoms with E-state index in [4.69, 9.17) is 0 Å². The van der Waals surface area contributed by atoms with Gasteiger partial charge in [-0.2, -0.15) is 15.4 Å². The summed E-state index contributed by atoms with van der Waals surface area (Å²) in [4.78, 5) is 4.16. The Hall–Kier alpha value is -1.75. The van der Waals surface area contributed by atoms with Crippen molar-refractivity contribution in [2.45, 2.75) is 19.9 Å². The quantitative estimate of drug-likeness (QED) is 0.807. The molecule has 0 aliphatic rings. The molecule has 0 aliphatic heterocycles. The van der Waals surface area contributed by atoms with Gasteiger partial charge >= 0.3 is 0 Å². The zero-order valence-corrected chi connectivity index (χ0v) is 9.44. The molecule has 0 bridgehead atoms. The van der Waals surface area contributed by atoms with Gasteiger partial charge in [-0.05, 0) is 30.7 Å². The number of aromatic nitrogens is 4. The topological polar surface area (TPSA) is 66.5 Å². The van der Waals surface area contributed by atoms with Crippen molar-refractivity contribution in [3.05, 3.63) is 41.5 Å². The molecule has 2 rings (SSSR count). The molecule has 0 amide bonds. The molecule has 1 atom stereocenters. The smallest absolute Gasteiger partial charge is 0.104 e. The van der Waals surface area contributed by atoms with Gasteiger partial charge in [0.25, 0.3) is 0 Å². The van der Waals surface area contributed by atoms with Crippen LogP contribution in [0.1, 0.15) is 29.8 Å². The summed E-state index contributed by atoms with van der Waals surface area (Å²) in [6.45, 7) is 5.01. The van der Waals surface area contributed by atoms with E-state index in [1.165, 1.54) is 5.56 Å². The summed E-state index contributed by atoms with van der Waals surface area (Å²) < 4.78 is 0. The van der Waals surface area contributed by atoms with E-state index in [2.05, 4.69) is 39.6 Å². The van der Waals surface area contributed by atoms with Crippen molar-refractivity contribution in [2.24, 2.45) is 0 Å². The second kappa shape index (κ2) is 4.85. The van der Waals surface area contributed by atoms with E-state index in [1.54, 1.807) is 12.4 Å². The fraction of sp³-hybridized carbons (Fsp3) is 0.364. The molecule has 2 heterocycles. The molecule has 2 aromatic rings. The van der Waals surface area contributed by atoms with Gasteiger partial charge in [-0.15, -0.1) is 0 Å².